The van der Waals surface area contributed by atoms with E-state index in [4.69, 9.17) is 4.74 Å². The van der Waals surface area contributed by atoms with Crippen molar-refractivity contribution < 1.29 is 4.74 Å². The van der Waals surface area contributed by atoms with Crippen molar-refractivity contribution in [1.82, 2.24) is 14.5 Å². The third kappa shape index (κ3) is 2.43. The SMILES string of the molecule is c1cncc(Cn2ccnc2C2CCOCC2)c1. The lowest BCUT2D eigenvalue weighted by atomic mass is 9.99. The minimum absolute atomic E-state index is 0.533. The van der Waals surface area contributed by atoms with Gasteiger partial charge in [0.15, 0.2) is 0 Å². The number of rotatable bonds is 3. The van der Waals surface area contributed by atoms with E-state index >= 15 is 0 Å². The Morgan fingerprint density at radius 1 is 1.28 bits per heavy atom. The van der Waals surface area contributed by atoms with Gasteiger partial charge < -0.3 is 9.30 Å². The second-order valence-electron chi connectivity index (χ2n) is 4.66. The van der Waals surface area contributed by atoms with Gasteiger partial charge in [-0.25, -0.2) is 4.98 Å². The molecule has 1 aliphatic heterocycles. The molecule has 4 heteroatoms. The Labute approximate surface area is 107 Å². The van der Waals surface area contributed by atoms with E-state index in [1.165, 1.54) is 11.4 Å². The van der Waals surface area contributed by atoms with Crippen LogP contribution in [0.4, 0.5) is 0 Å². The molecule has 18 heavy (non-hydrogen) atoms. The van der Waals surface area contributed by atoms with Gasteiger partial charge in [0.1, 0.15) is 5.82 Å². The highest BCUT2D eigenvalue weighted by molar-refractivity contribution is 5.12. The lowest BCUT2D eigenvalue weighted by Crippen LogP contribution is -2.18. The van der Waals surface area contributed by atoms with Crippen molar-refractivity contribution in [2.24, 2.45) is 0 Å². The Bertz CT molecular complexity index is 489. The molecule has 2 aromatic rings. The fraction of sp³-hybridized carbons (Fsp3) is 0.429. The van der Waals surface area contributed by atoms with Crippen LogP contribution < -0.4 is 0 Å². The molecular weight excluding hydrogens is 226 g/mol. The van der Waals surface area contributed by atoms with E-state index in [1.54, 1.807) is 6.20 Å². The molecule has 0 aliphatic carbocycles. The van der Waals surface area contributed by atoms with E-state index in [0.717, 1.165) is 32.6 Å². The highest BCUT2D eigenvalue weighted by Crippen LogP contribution is 2.25. The molecule has 1 aliphatic rings. The molecule has 4 nitrogen and oxygen atoms in total. The van der Waals surface area contributed by atoms with Gasteiger partial charge in [-0.3, -0.25) is 4.98 Å². The monoisotopic (exact) mass is 243 g/mol. The highest BCUT2D eigenvalue weighted by Gasteiger charge is 2.20. The van der Waals surface area contributed by atoms with E-state index in [-0.39, 0.29) is 0 Å². The van der Waals surface area contributed by atoms with Gasteiger partial charge >= 0.3 is 0 Å². The first-order chi connectivity index (χ1) is 8.93. The van der Waals surface area contributed by atoms with Gasteiger partial charge in [0.2, 0.25) is 0 Å². The fourth-order valence-corrected chi connectivity index (χ4v) is 2.46. The highest BCUT2D eigenvalue weighted by atomic mass is 16.5. The maximum Gasteiger partial charge on any atom is 0.112 e. The zero-order valence-corrected chi connectivity index (χ0v) is 10.3. The molecule has 3 heterocycles. The Hall–Kier alpha value is -1.68. The normalized spacial score (nSPS) is 16.9. The Kier molecular flexibility index (Phi) is 3.37. The summed E-state index contributed by atoms with van der Waals surface area (Å²) in [6.45, 7) is 2.55. The lowest BCUT2D eigenvalue weighted by Gasteiger charge is -2.22. The van der Waals surface area contributed by atoms with Crippen molar-refractivity contribution in [1.29, 1.82) is 0 Å². The molecule has 0 N–H and O–H groups in total. The fourth-order valence-electron chi connectivity index (χ4n) is 2.46. The third-order valence-corrected chi connectivity index (χ3v) is 3.41. The summed E-state index contributed by atoms with van der Waals surface area (Å²) in [4.78, 5) is 8.68. The predicted octanol–water partition coefficient (Wildman–Crippen LogP) is 2.22. The molecule has 0 bridgehead atoms. The first-order valence-corrected chi connectivity index (χ1v) is 6.41. The van der Waals surface area contributed by atoms with Gasteiger partial charge in [-0.1, -0.05) is 6.07 Å². The van der Waals surface area contributed by atoms with Gasteiger partial charge in [0.25, 0.3) is 0 Å². The smallest absolute Gasteiger partial charge is 0.112 e. The summed E-state index contributed by atoms with van der Waals surface area (Å²) in [5.74, 6) is 1.72. The minimum atomic E-state index is 0.533. The van der Waals surface area contributed by atoms with Crippen LogP contribution in [0.2, 0.25) is 0 Å². The number of hydrogen-bond acceptors (Lipinski definition) is 3. The van der Waals surface area contributed by atoms with Crippen molar-refractivity contribution in [3.8, 4) is 0 Å². The van der Waals surface area contributed by atoms with Gasteiger partial charge in [0.05, 0.1) is 6.54 Å². The molecular formula is C14H17N3O. The summed E-state index contributed by atoms with van der Waals surface area (Å²) in [5, 5.41) is 0. The summed E-state index contributed by atoms with van der Waals surface area (Å²) < 4.78 is 7.64. The van der Waals surface area contributed by atoms with Crippen LogP contribution in [0.1, 0.15) is 30.1 Å². The Morgan fingerprint density at radius 2 is 2.17 bits per heavy atom. The van der Waals surface area contributed by atoms with Crippen molar-refractivity contribution in [3.63, 3.8) is 0 Å². The van der Waals surface area contributed by atoms with Gasteiger partial charge in [-0.2, -0.15) is 0 Å². The van der Waals surface area contributed by atoms with Crippen LogP contribution in [0, 0.1) is 0 Å². The number of imidazole rings is 1. The standard InChI is InChI=1S/C14H17N3O/c1-2-12(10-15-5-1)11-17-7-6-16-14(17)13-3-8-18-9-4-13/h1-2,5-7,10,13H,3-4,8-9,11H2. The molecule has 94 valence electrons. The van der Waals surface area contributed by atoms with Crippen LogP contribution in [-0.2, 0) is 11.3 Å². The quantitative estimate of drug-likeness (QED) is 0.830. The number of nitrogens with zero attached hydrogens (tertiary/aromatic N) is 3. The number of aromatic nitrogens is 3. The first kappa shape index (κ1) is 11.4. The molecule has 0 amide bonds. The van der Waals surface area contributed by atoms with Crippen molar-refractivity contribution in [2.45, 2.75) is 25.3 Å². The van der Waals surface area contributed by atoms with E-state index in [1.807, 2.05) is 18.5 Å². The van der Waals surface area contributed by atoms with Crippen molar-refractivity contribution in [3.05, 3.63) is 48.3 Å². The van der Waals surface area contributed by atoms with Gasteiger partial charge in [-0.15, -0.1) is 0 Å². The van der Waals surface area contributed by atoms with Crippen LogP contribution in [0.25, 0.3) is 0 Å². The minimum Gasteiger partial charge on any atom is -0.381 e. The van der Waals surface area contributed by atoms with Crippen LogP contribution in [0.15, 0.2) is 36.9 Å². The van der Waals surface area contributed by atoms with Crippen LogP contribution in [-0.4, -0.2) is 27.7 Å². The van der Waals surface area contributed by atoms with E-state index in [0.29, 0.717) is 5.92 Å². The molecule has 0 unspecified atom stereocenters. The average Bonchev–Trinajstić information content (AvgIpc) is 2.89. The Morgan fingerprint density at radius 3 is 2.94 bits per heavy atom. The molecule has 0 spiro atoms. The van der Waals surface area contributed by atoms with Crippen molar-refractivity contribution >= 4 is 0 Å². The lowest BCUT2D eigenvalue weighted by molar-refractivity contribution is 0.0829. The van der Waals surface area contributed by atoms with E-state index < -0.39 is 0 Å². The molecule has 1 saturated heterocycles. The van der Waals surface area contributed by atoms with E-state index in [2.05, 4.69) is 26.8 Å². The second kappa shape index (κ2) is 5.31. The zero-order valence-electron chi connectivity index (χ0n) is 10.3. The molecule has 3 rings (SSSR count). The van der Waals surface area contributed by atoms with Gasteiger partial charge in [-0.05, 0) is 24.5 Å². The molecule has 0 atom stereocenters. The van der Waals surface area contributed by atoms with Crippen molar-refractivity contribution in [2.75, 3.05) is 13.2 Å². The number of ether oxygens (including phenoxy) is 1. The first-order valence-electron chi connectivity index (χ1n) is 6.41. The largest absolute Gasteiger partial charge is 0.381 e. The summed E-state index contributed by atoms with van der Waals surface area (Å²) in [6, 6.07) is 4.07. The van der Waals surface area contributed by atoms with Crippen LogP contribution >= 0.6 is 0 Å². The van der Waals surface area contributed by atoms with Crippen LogP contribution in [0.5, 0.6) is 0 Å². The zero-order chi connectivity index (χ0) is 12.2. The summed E-state index contributed by atoms with van der Waals surface area (Å²) in [7, 11) is 0. The average molecular weight is 243 g/mol. The van der Waals surface area contributed by atoms with Crippen LogP contribution in [0.3, 0.4) is 0 Å². The molecule has 1 fully saturated rings. The topological polar surface area (TPSA) is 39.9 Å². The number of hydrogen-bond donors (Lipinski definition) is 0. The summed E-state index contributed by atoms with van der Waals surface area (Å²) in [6.07, 6.45) is 9.80. The second-order valence-corrected chi connectivity index (χ2v) is 4.66. The maximum absolute atomic E-state index is 5.41. The molecule has 0 radical (unpaired) electrons. The summed E-state index contributed by atoms with van der Waals surface area (Å²) in [5.41, 5.74) is 1.21. The maximum atomic E-state index is 5.41. The molecule has 2 aromatic heterocycles. The predicted molar refractivity (Wildman–Crippen MR) is 68.4 cm³/mol. The van der Waals surface area contributed by atoms with Gasteiger partial charge in [0, 0.05) is 43.9 Å². The molecule has 0 saturated carbocycles. The number of pyridine rings is 1. The van der Waals surface area contributed by atoms with E-state index in [9.17, 15) is 0 Å². The Balaban J connectivity index is 1.78. The summed E-state index contributed by atoms with van der Waals surface area (Å²) >= 11 is 0. The third-order valence-electron chi connectivity index (χ3n) is 3.41. The molecule has 0 aromatic carbocycles.